The molecule has 0 aliphatic heterocycles. The van der Waals surface area contributed by atoms with E-state index in [2.05, 4.69) is 68.0 Å². The molecule has 0 saturated carbocycles. The maximum Gasteiger partial charge on any atom is 0.258 e. The highest BCUT2D eigenvalue weighted by Crippen LogP contribution is 2.47. The van der Waals surface area contributed by atoms with E-state index in [1.165, 1.54) is 0 Å². The van der Waals surface area contributed by atoms with E-state index in [0.717, 1.165) is 55.4 Å². The second-order valence-corrected chi connectivity index (χ2v) is 16.6. The molecule has 5 heteroatoms. The van der Waals surface area contributed by atoms with Gasteiger partial charge in [-0.25, -0.2) is 0 Å². The molecule has 1 aromatic carbocycles. The van der Waals surface area contributed by atoms with Crippen LogP contribution in [-0.2, 0) is 15.9 Å². The Morgan fingerprint density at radius 3 is 2.14 bits per heavy atom. The zero-order chi connectivity index (χ0) is 26.6. The number of methoxy groups -OCH3 is 1. The predicted molar refractivity (Wildman–Crippen MR) is 152 cm³/mol. The first-order valence-corrected chi connectivity index (χ1v) is 15.9. The van der Waals surface area contributed by atoms with Crippen LogP contribution < -0.4 is 4.43 Å². The van der Waals surface area contributed by atoms with Gasteiger partial charge in [-0.3, -0.25) is 0 Å². The summed E-state index contributed by atoms with van der Waals surface area (Å²) in [4.78, 5) is 0. The molecule has 0 unspecified atom stereocenters. The number of allylic oxidation sites excluding steroid dienone is 1. The maximum atomic E-state index is 11.4. The van der Waals surface area contributed by atoms with Gasteiger partial charge in [0.2, 0.25) is 0 Å². The number of phenols is 1. The van der Waals surface area contributed by atoms with Crippen LogP contribution in [0.1, 0.15) is 105 Å². The Morgan fingerprint density at radius 1 is 1.00 bits per heavy atom. The zero-order valence-electron chi connectivity index (χ0n) is 24.2. The number of aromatic hydroxyl groups is 1. The summed E-state index contributed by atoms with van der Waals surface area (Å²) in [6.07, 6.45) is 7.93. The normalized spacial score (nSPS) is 14.1. The lowest BCUT2D eigenvalue weighted by Gasteiger charge is -2.43. The molecule has 0 aromatic heterocycles. The van der Waals surface area contributed by atoms with Crippen LogP contribution in [0, 0.1) is 5.92 Å². The van der Waals surface area contributed by atoms with Gasteiger partial charge in [0.05, 0.1) is 0 Å². The third-order valence-corrected chi connectivity index (χ3v) is 13.5. The summed E-state index contributed by atoms with van der Waals surface area (Å²) in [5.41, 5.74) is 3.51. The van der Waals surface area contributed by atoms with Gasteiger partial charge in [-0.05, 0) is 71.8 Å². The fourth-order valence-electron chi connectivity index (χ4n) is 5.79. The van der Waals surface area contributed by atoms with E-state index in [0.29, 0.717) is 41.7 Å². The predicted octanol–water partition coefficient (Wildman–Crippen LogP) is 8.99. The maximum absolute atomic E-state index is 11.4. The van der Waals surface area contributed by atoms with Gasteiger partial charge < -0.3 is 19.0 Å². The molecule has 1 N–H and O–H groups in total. The van der Waals surface area contributed by atoms with Crippen LogP contribution in [-0.4, -0.2) is 33.9 Å². The van der Waals surface area contributed by atoms with E-state index in [-0.39, 0.29) is 5.92 Å². The van der Waals surface area contributed by atoms with Crippen LogP contribution in [0.4, 0.5) is 0 Å². The van der Waals surface area contributed by atoms with Crippen LogP contribution in [0.25, 0.3) is 0 Å². The number of hydrogen-bond donors (Lipinski definition) is 1. The summed E-state index contributed by atoms with van der Waals surface area (Å²) in [5, 5.41) is 11.4. The lowest BCUT2D eigenvalue weighted by Crippen LogP contribution is -2.51. The molecule has 4 nitrogen and oxygen atoms in total. The number of unbranched alkanes of at least 4 members (excludes halogenated alkanes) is 1. The first kappa shape index (κ1) is 31.7. The molecule has 0 aliphatic rings. The lowest BCUT2D eigenvalue weighted by molar-refractivity contribution is -0.0339. The van der Waals surface area contributed by atoms with Gasteiger partial charge in [0.25, 0.3) is 8.32 Å². The zero-order valence-corrected chi connectivity index (χ0v) is 25.2. The molecular formula is C30H54O4Si. The van der Waals surface area contributed by atoms with Gasteiger partial charge in [-0.2, -0.15) is 0 Å². The number of benzene rings is 1. The van der Waals surface area contributed by atoms with Gasteiger partial charge >= 0.3 is 0 Å². The quantitative estimate of drug-likeness (QED) is 0.0934. The highest BCUT2D eigenvalue weighted by atomic mass is 28.4. The average molecular weight is 507 g/mol. The summed E-state index contributed by atoms with van der Waals surface area (Å²) < 4.78 is 17.7. The van der Waals surface area contributed by atoms with Crippen molar-refractivity contribution in [2.75, 3.05) is 20.5 Å². The van der Waals surface area contributed by atoms with E-state index < -0.39 is 8.32 Å². The Kier molecular flexibility index (Phi) is 14.3. The third kappa shape index (κ3) is 8.94. The summed E-state index contributed by atoms with van der Waals surface area (Å²) in [7, 11) is -0.544. The molecule has 0 aliphatic carbocycles. The molecule has 0 fully saturated rings. The van der Waals surface area contributed by atoms with Crippen molar-refractivity contribution in [1.82, 2.24) is 0 Å². The molecule has 0 bridgehead atoms. The summed E-state index contributed by atoms with van der Waals surface area (Å²) in [5.74, 6) is 1.93. The van der Waals surface area contributed by atoms with Crippen LogP contribution in [0.5, 0.6) is 11.5 Å². The molecule has 202 valence electrons. The largest absolute Gasteiger partial charge is 0.542 e. The summed E-state index contributed by atoms with van der Waals surface area (Å²) in [6.45, 7) is 23.4. The van der Waals surface area contributed by atoms with Crippen molar-refractivity contribution < 1.29 is 19.0 Å². The molecule has 0 radical (unpaired) electrons. The summed E-state index contributed by atoms with van der Waals surface area (Å²) in [6, 6.07) is 4.21. The topological polar surface area (TPSA) is 47.9 Å². The van der Waals surface area contributed by atoms with Crippen molar-refractivity contribution in [3.8, 4) is 11.5 Å². The van der Waals surface area contributed by atoms with E-state index in [1.54, 1.807) is 7.11 Å². The van der Waals surface area contributed by atoms with Gasteiger partial charge in [0, 0.05) is 19.3 Å². The second kappa shape index (κ2) is 15.7. The minimum Gasteiger partial charge on any atom is -0.542 e. The third-order valence-electron chi connectivity index (χ3n) is 7.48. The minimum absolute atomic E-state index is 0.217. The number of rotatable bonds is 18. The van der Waals surface area contributed by atoms with Crippen molar-refractivity contribution in [3.05, 3.63) is 35.9 Å². The molecule has 0 spiro atoms. The molecule has 35 heavy (non-hydrogen) atoms. The van der Waals surface area contributed by atoms with Crippen molar-refractivity contribution in [3.63, 3.8) is 0 Å². The van der Waals surface area contributed by atoms with E-state index in [1.807, 2.05) is 12.1 Å². The SMILES string of the molecule is C=CC[C@H](CCCC)c1c(O)cc(C[C@@H](C)CCOCOC)cc1O[Si](C(C)C)(C(C)C)C(C)C. The molecule has 0 heterocycles. The Balaban J connectivity index is 3.50. The van der Waals surface area contributed by atoms with Crippen molar-refractivity contribution in [2.24, 2.45) is 5.92 Å². The van der Waals surface area contributed by atoms with E-state index in [4.69, 9.17) is 13.9 Å². The monoisotopic (exact) mass is 506 g/mol. The fraction of sp³-hybridized carbons (Fsp3) is 0.733. The van der Waals surface area contributed by atoms with E-state index in [9.17, 15) is 5.11 Å². The Hall–Kier alpha value is -1.30. The number of ether oxygens (including phenoxy) is 2. The molecular weight excluding hydrogens is 452 g/mol. The highest BCUT2D eigenvalue weighted by molar-refractivity contribution is 6.78. The van der Waals surface area contributed by atoms with E-state index >= 15 is 0 Å². The molecule has 1 aromatic rings. The van der Waals surface area contributed by atoms with Crippen LogP contribution >= 0.6 is 0 Å². The number of hydrogen-bond acceptors (Lipinski definition) is 4. The van der Waals surface area contributed by atoms with Crippen molar-refractivity contribution in [2.45, 2.75) is 116 Å². The standard InChI is InChI=1S/C30H54O4Si/c1-11-13-15-27(14-12-2)30-28(31)19-26(18-25(9)16-17-33-21-32-10)20-29(30)34-35(22(3)4,23(5)6)24(7)8/h12,19-20,22-25,27,31H,2,11,13-18,21H2,1,3-10H3/t25-,27+/m0/s1. The smallest absolute Gasteiger partial charge is 0.258 e. The van der Waals surface area contributed by atoms with Crippen LogP contribution in [0.15, 0.2) is 24.8 Å². The fourth-order valence-corrected chi connectivity index (χ4v) is 11.0. The lowest BCUT2D eigenvalue weighted by atomic mass is 9.87. The molecule has 0 amide bonds. The molecule has 1 rings (SSSR count). The molecule has 2 atom stereocenters. The average Bonchev–Trinajstić information content (AvgIpc) is 2.77. The van der Waals surface area contributed by atoms with Gasteiger partial charge in [0.15, 0.2) is 0 Å². The van der Waals surface area contributed by atoms with Crippen molar-refractivity contribution >= 4 is 8.32 Å². The van der Waals surface area contributed by atoms with Gasteiger partial charge in [0.1, 0.15) is 18.3 Å². The minimum atomic E-state index is -2.19. The summed E-state index contributed by atoms with van der Waals surface area (Å²) >= 11 is 0. The van der Waals surface area contributed by atoms with Crippen molar-refractivity contribution in [1.29, 1.82) is 0 Å². The Labute approximate surface area is 217 Å². The second-order valence-electron chi connectivity index (χ2n) is 11.2. The first-order valence-electron chi connectivity index (χ1n) is 13.8. The highest BCUT2D eigenvalue weighted by Gasteiger charge is 2.47. The molecule has 0 saturated heterocycles. The van der Waals surface area contributed by atoms with Crippen LogP contribution in [0.3, 0.4) is 0 Å². The van der Waals surface area contributed by atoms with Crippen LogP contribution in [0.2, 0.25) is 16.6 Å². The Bertz CT molecular complexity index is 722. The Morgan fingerprint density at radius 2 is 1.63 bits per heavy atom. The number of phenolic OH excluding ortho intramolecular Hbond substituents is 1. The first-order chi connectivity index (χ1) is 16.5. The van der Waals surface area contributed by atoms with Gasteiger partial charge in [-0.15, -0.1) is 6.58 Å². The van der Waals surface area contributed by atoms with Gasteiger partial charge in [-0.1, -0.05) is 74.3 Å².